The van der Waals surface area contributed by atoms with E-state index >= 15 is 0 Å². The van der Waals surface area contributed by atoms with E-state index in [0.717, 1.165) is 12.8 Å². The number of nitrogens with two attached hydrogens (primary N) is 1. The van der Waals surface area contributed by atoms with Gasteiger partial charge in [0.1, 0.15) is 6.33 Å². The number of aromatic nitrogens is 2. The van der Waals surface area contributed by atoms with Crippen LogP contribution in [0.5, 0.6) is 0 Å². The molecule has 2 N–H and O–H groups in total. The zero-order chi connectivity index (χ0) is 9.97. The molecule has 0 aliphatic heterocycles. The molecular formula is C10H13N3O. The van der Waals surface area contributed by atoms with Gasteiger partial charge < -0.3 is 5.73 Å². The predicted molar refractivity (Wildman–Crippen MR) is 51.7 cm³/mol. The van der Waals surface area contributed by atoms with Gasteiger partial charge in [-0.3, -0.25) is 4.79 Å². The Morgan fingerprint density at radius 2 is 2.07 bits per heavy atom. The Morgan fingerprint density at radius 1 is 1.43 bits per heavy atom. The molecule has 1 saturated carbocycles. The number of Topliss-reactive ketones (excluding diaryl/α,β-unsaturated/α-hetero) is 1. The van der Waals surface area contributed by atoms with E-state index in [-0.39, 0.29) is 11.8 Å². The van der Waals surface area contributed by atoms with Crippen molar-refractivity contribution in [3.05, 3.63) is 24.3 Å². The van der Waals surface area contributed by atoms with Crippen molar-refractivity contribution in [2.24, 2.45) is 11.7 Å². The van der Waals surface area contributed by atoms with Gasteiger partial charge in [0, 0.05) is 12.4 Å². The lowest BCUT2D eigenvalue weighted by atomic mass is 9.78. The molecule has 0 spiro atoms. The van der Waals surface area contributed by atoms with Crippen LogP contribution < -0.4 is 5.73 Å². The van der Waals surface area contributed by atoms with Gasteiger partial charge in [-0.05, 0) is 18.8 Å². The summed E-state index contributed by atoms with van der Waals surface area (Å²) >= 11 is 0. The van der Waals surface area contributed by atoms with Crippen LogP contribution in [0.3, 0.4) is 0 Å². The van der Waals surface area contributed by atoms with Crippen molar-refractivity contribution in [3.8, 4) is 0 Å². The van der Waals surface area contributed by atoms with Gasteiger partial charge in [-0.1, -0.05) is 6.42 Å². The van der Waals surface area contributed by atoms with Crippen LogP contribution in [0.25, 0.3) is 0 Å². The van der Waals surface area contributed by atoms with E-state index in [9.17, 15) is 4.79 Å². The Balaban J connectivity index is 2.07. The van der Waals surface area contributed by atoms with Gasteiger partial charge >= 0.3 is 0 Å². The summed E-state index contributed by atoms with van der Waals surface area (Å²) in [6.45, 7) is 0. The summed E-state index contributed by atoms with van der Waals surface area (Å²) in [6, 6.07) is -0.366. The van der Waals surface area contributed by atoms with Crippen LogP contribution in [-0.2, 0) is 0 Å². The van der Waals surface area contributed by atoms with E-state index in [0.29, 0.717) is 11.5 Å². The molecule has 0 amide bonds. The first-order valence-corrected chi connectivity index (χ1v) is 4.84. The van der Waals surface area contributed by atoms with Gasteiger partial charge in [0.15, 0.2) is 5.78 Å². The molecule has 0 bridgehead atoms. The fourth-order valence-corrected chi connectivity index (χ4v) is 1.63. The molecule has 0 radical (unpaired) electrons. The molecule has 14 heavy (non-hydrogen) atoms. The first kappa shape index (κ1) is 9.27. The summed E-state index contributed by atoms with van der Waals surface area (Å²) in [7, 11) is 0. The highest BCUT2D eigenvalue weighted by Crippen LogP contribution is 2.29. The summed E-state index contributed by atoms with van der Waals surface area (Å²) in [5.74, 6) is 0.331. The molecule has 1 unspecified atom stereocenters. The summed E-state index contributed by atoms with van der Waals surface area (Å²) in [4.78, 5) is 19.4. The number of carbonyl (C=O) groups is 1. The van der Waals surface area contributed by atoms with Crippen LogP contribution >= 0.6 is 0 Å². The van der Waals surface area contributed by atoms with Crippen LogP contribution in [0.4, 0.5) is 0 Å². The highest BCUT2D eigenvalue weighted by atomic mass is 16.1. The lowest BCUT2D eigenvalue weighted by Gasteiger charge is -2.30. The molecule has 1 fully saturated rings. The molecular weight excluding hydrogens is 178 g/mol. The van der Waals surface area contributed by atoms with Gasteiger partial charge in [0.2, 0.25) is 0 Å². The molecule has 1 heterocycles. The number of carbonyl (C=O) groups excluding carboxylic acids is 1. The molecule has 4 heteroatoms. The minimum Gasteiger partial charge on any atom is -0.321 e. The highest BCUT2D eigenvalue weighted by Gasteiger charge is 2.30. The molecule has 74 valence electrons. The maximum atomic E-state index is 11.8. The number of nitrogens with zero attached hydrogens (tertiary/aromatic N) is 2. The third kappa shape index (κ3) is 1.65. The average Bonchev–Trinajstić information content (AvgIpc) is 2.15. The molecule has 1 aromatic heterocycles. The summed E-state index contributed by atoms with van der Waals surface area (Å²) in [6.07, 6.45) is 7.78. The third-order valence-electron chi connectivity index (χ3n) is 2.81. The van der Waals surface area contributed by atoms with Crippen LogP contribution in [0.15, 0.2) is 18.7 Å². The molecule has 0 aromatic carbocycles. The zero-order valence-electron chi connectivity index (χ0n) is 7.89. The number of hydrogen-bond acceptors (Lipinski definition) is 4. The average molecular weight is 191 g/mol. The van der Waals surface area contributed by atoms with Crippen molar-refractivity contribution in [3.63, 3.8) is 0 Å². The van der Waals surface area contributed by atoms with Crippen molar-refractivity contribution in [1.82, 2.24) is 9.97 Å². The number of hydrogen-bond donors (Lipinski definition) is 1. The highest BCUT2D eigenvalue weighted by molar-refractivity contribution is 5.99. The summed E-state index contributed by atoms with van der Waals surface area (Å²) < 4.78 is 0. The van der Waals surface area contributed by atoms with Gasteiger partial charge in [-0.25, -0.2) is 9.97 Å². The number of ketones is 1. The van der Waals surface area contributed by atoms with Crippen molar-refractivity contribution < 1.29 is 4.79 Å². The van der Waals surface area contributed by atoms with Crippen molar-refractivity contribution in [1.29, 1.82) is 0 Å². The van der Waals surface area contributed by atoms with E-state index < -0.39 is 0 Å². The molecule has 0 saturated heterocycles. The van der Waals surface area contributed by atoms with Gasteiger partial charge in [-0.2, -0.15) is 0 Å². The Labute approximate surface area is 82.6 Å². The fourth-order valence-electron chi connectivity index (χ4n) is 1.63. The van der Waals surface area contributed by atoms with Crippen molar-refractivity contribution in [2.75, 3.05) is 0 Å². The third-order valence-corrected chi connectivity index (χ3v) is 2.81. The van der Waals surface area contributed by atoms with Crippen LogP contribution in [0.2, 0.25) is 0 Å². The van der Waals surface area contributed by atoms with E-state index in [2.05, 4.69) is 9.97 Å². The van der Waals surface area contributed by atoms with E-state index in [4.69, 9.17) is 5.73 Å². The molecule has 1 aromatic rings. The minimum atomic E-state index is -0.366. The summed E-state index contributed by atoms with van der Waals surface area (Å²) in [5, 5.41) is 0. The lowest BCUT2D eigenvalue weighted by molar-refractivity contribution is 0.0896. The SMILES string of the molecule is NC(C(=O)c1cncnc1)C1CCC1. The van der Waals surface area contributed by atoms with Crippen molar-refractivity contribution >= 4 is 5.78 Å². The van der Waals surface area contributed by atoms with Crippen LogP contribution in [-0.4, -0.2) is 21.8 Å². The smallest absolute Gasteiger partial charge is 0.182 e. The monoisotopic (exact) mass is 191 g/mol. The molecule has 1 aliphatic rings. The van der Waals surface area contributed by atoms with Crippen LogP contribution in [0, 0.1) is 5.92 Å². The largest absolute Gasteiger partial charge is 0.321 e. The minimum absolute atomic E-state index is 0.0321. The molecule has 1 atom stereocenters. The van der Waals surface area contributed by atoms with Crippen LogP contribution in [0.1, 0.15) is 29.6 Å². The normalized spacial score (nSPS) is 18.6. The van der Waals surface area contributed by atoms with E-state index in [1.165, 1.54) is 25.1 Å². The first-order chi connectivity index (χ1) is 6.79. The fraction of sp³-hybridized carbons (Fsp3) is 0.500. The Hall–Kier alpha value is -1.29. The van der Waals surface area contributed by atoms with Gasteiger partial charge in [0.05, 0.1) is 11.6 Å². The second-order valence-corrected chi connectivity index (χ2v) is 3.71. The van der Waals surface area contributed by atoms with E-state index in [1.807, 2.05) is 0 Å². The standard InChI is InChI=1S/C10H13N3O/c11-9(7-2-1-3-7)10(14)8-4-12-6-13-5-8/h4-7,9H,1-3,11H2. The Morgan fingerprint density at radius 3 is 2.57 bits per heavy atom. The second-order valence-electron chi connectivity index (χ2n) is 3.71. The van der Waals surface area contributed by atoms with Gasteiger partial charge in [0.25, 0.3) is 0 Å². The Kier molecular flexibility index (Phi) is 2.54. The number of rotatable bonds is 3. The maximum Gasteiger partial charge on any atom is 0.182 e. The second kappa shape index (κ2) is 3.84. The van der Waals surface area contributed by atoms with E-state index in [1.54, 1.807) is 0 Å². The Bertz CT molecular complexity index is 321. The van der Waals surface area contributed by atoms with Gasteiger partial charge in [-0.15, -0.1) is 0 Å². The predicted octanol–water partition coefficient (Wildman–Crippen LogP) is 0.787. The topological polar surface area (TPSA) is 68.9 Å². The maximum absolute atomic E-state index is 11.8. The lowest BCUT2D eigenvalue weighted by Crippen LogP contribution is -2.41. The molecule has 2 rings (SSSR count). The quantitative estimate of drug-likeness (QED) is 0.717. The molecule has 4 nitrogen and oxygen atoms in total. The van der Waals surface area contributed by atoms with Crippen molar-refractivity contribution in [2.45, 2.75) is 25.3 Å². The first-order valence-electron chi connectivity index (χ1n) is 4.84. The molecule has 1 aliphatic carbocycles. The zero-order valence-corrected chi connectivity index (χ0v) is 7.89. The summed E-state index contributed by atoms with van der Waals surface area (Å²) in [5.41, 5.74) is 6.37.